The smallest absolute Gasteiger partial charge is 0.478 e. The van der Waals surface area contributed by atoms with Crippen molar-refractivity contribution in [3.63, 3.8) is 0 Å². The minimum Gasteiger partial charge on any atom is -0.478 e. The zero-order valence-corrected chi connectivity index (χ0v) is 10.3. The van der Waals surface area contributed by atoms with E-state index in [0.29, 0.717) is 0 Å². The molecule has 2 N–H and O–H groups in total. The number of carbonyl (C=O) groups is 1. The first-order valence-corrected chi connectivity index (χ1v) is 5.60. The molecule has 0 fully saturated rings. The quantitative estimate of drug-likeness (QED) is 0.913. The lowest BCUT2D eigenvalue weighted by Gasteiger charge is -2.13. The molecule has 0 unspecified atom stereocenters. The molecule has 0 aliphatic carbocycles. The Bertz CT molecular complexity index is 737. The van der Waals surface area contributed by atoms with E-state index in [1.54, 1.807) is 0 Å². The van der Waals surface area contributed by atoms with Crippen molar-refractivity contribution in [2.45, 2.75) is 6.36 Å². The number of carboxylic acid groups (broad SMARTS) is 1. The molecule has 8 heteroatoms. The summed E-state index contributed by atoms with van der Waals surface area (Å²) in [6.07, 6.45) is -3.86. The molecule has 0 saturated carbocycles. The van der Waals surface area contributed by atoms with Gasteiger partial charge in [0.25, 0.3) is 5.56 Å². The van der Waals surface area contributed by atoms with Gasteiger partial charge < -0.3 is 14.8 Å². The first kappa shape index (κ1) is 14.6. The van der Waals surface area contributed by atoms with Gasteiger partial charge in [-0.2, -0.15) is 0 Å². The molecule has 0 bridgehead atoms. The number of pyridine rings is 1. The highest BCUT2D eigenvalue weighted by atomic mass is 19.4. The third kappa shape index (κ3) is 3.22. The van der Waals surface area contributed by atoms with E-state index < -0.39 is 34.8 Å². The predicted molar refractivity (Wildman–Crippen MR) is 66.1 cm³/mol. The maximum Gasteiger partial charge on any atom is 0.573 e. The van der Waals surface area contributed by atoms with Crippen molar-refractivity contribution in [3.05, 3.63) is 52.4 Å². The Morgan fingerprint density at radius 3 is 2.48 bits per heavy atom. The summed E-state index contributed by atoms with van der Waals surface area (Å²) in [6, 6.07) is 5.92. The Hall–Kier alpha value is -2.77. The van der Waals surface area contributed by atoms with Gasteiger partial charge in [-0.15, -0.1) is 13.2 Å². The number of hydrogen-bond donors (Lipinski definition) is 2. The van der Waals surface area contributed by atoms with Crippen LogP contribution in [0.2, 0.25) is 0 Å². The van der Waals surface area contributed by atoms with Gasteiger partial charge in [0.05, 0.1) is 11.1 Å². The highest BCUT2D eigenvalue weighted by molar-refractivity contribution is 5.96. The minimum atomic E-state index is -4.96. The van der Waals surface area contributed by atoms with Gasteiger partial charge >= 0.3 is 12.3 Å². The van der Waals surface area contributed by atoms with Gasteiger partial charge in [0.2, 0.25) is 0 Å². The standard InChI is InChI=1S/C13H8F3NO4/c14-13(15,16)21-9-4-2-1-3-7(9)10-8(12(19)20)5-6-17-11(10)18/h1-6H,(H,17,18)(H,19,20). The van der Waals surface area contributed by atoms with E-state index in [-0.39, 0.29) is 5.56 Å². The van der Waals surface area contributed by atoms with Crippen molar-refractivity contribution in [1.82, 2.24) is 4.98 Å². The SMILES string of the molecule is O=C(O)c1cc[nH]c(=O)c1-c1ccccc1OC(F)(F)F. The number of aromatic nitrogens is 1. The molecule has 0 aliphatic heterocycles. The third-order valence-corrected chi connectivity index (χ3v) is 2.57. The fourth-order valence-electron chi connectivity index (χ4n) is 1.81. The molecule has 5 nitrogen and oxygen atoms in total. The molecule has 0 atom stereocenters. The van der Waals surface area contributed by atoms with Crippen LogP contribution in [0.1, 0.15) is 10.4 Å². The topological polar surface area (TPSA) is 79.4 Å². The van der Waals surface area contributed by atoms with E-state index >= 15 is 0 Å². The summed E-state index contributed by atoms with van der Waals surface area (Å²) in [5, 5.41) is 9.06. The molecule has 1 aromatic carbocycles. The van der Waals surface area contributed by atoms with Gasteiger partial charge in [0.1, 0.15) is 5.75 Å². The monoisotopic (exact) mass is 299 g/mol. The van der Waals surface area contributed by atoms with Crippen molar-refractivity contribution < 1.29 is 27.8 Å². The summed E-state index contributed by atoms with van der Waals surface area (Å²) >= 11 is 0. The summed E-state index contributed by atoms with van der Waals surface area (Å²) in [4.78, 5) is 25.2. The number of para-hydroxylation sites is 1. The molecule has 0 aliphatic rings. The second kappa shape index (κ2) is 5.31. The third-order valence-electron chi connectivity index (χ3n) is 2.57. The Labute approximate surface area is 115 Å². The van der Waals surface area contributed by atoms with E-state index in [2.05, 4.69) is 9.72 Å². The number of halogens is 3. The first-order chi connectivity index (χ1) is 9.79. The normalized spacial score (nSPS) is 11.2. The molecular formula is C13H8F3NO4. The lowest BCUT2D eigenvalue weighted by molar-refractivity contribution is -0.274. The first-order valence-electron chi connectivity index (χ1n) is 5.60. The second-order valence-electron chi connectivity index (χ2n) is 3.94. The highest BCUT2D eigenvalue weighted by Crippen LogP contribution is 2.33. The van der Waals surface area contributed by atoms with Crippen molar-refractivity contribution in [2.75, 3.05) is 0 Å². The number of hydrogen-bond acceptors (Lipinski definition) is 3. The van der Waals surface area contributed by atoms with E-state index in [4.69, 9.17) is 5.11 Å². The zero-order valence-electron chi connectivity index (χ0n) is 10.3. The molecule has 2 aromatic rings. The van der Waals surface area contributed by atoms with Crippen LogP contribution >= 0.6 is 0 Å². The van der Waals surface area contributed by atoms with Crippen molar-refractivity contribution in [2.24, 2.45) is 0 Å². The van der Waals surface area contributed by atoms with Crippen LogP contribution in [0.5, 0.6) is 5.75 Å². The average molecular weight is 299 g/mol. The summed E-state index contributed by atoms with van der Waals surface area (Å²) in [7, 11) is 0. The van der Waals surface area contributed by atoms with Crippen molar-refractivity contribution >= 4 is 5.97 Å². The lowest BCUT2D eigenvalue weighted by Crippen LogP contribution is -2.19. The summed E-state index contributed by atoms with van der Waals surface area (Å²) in [5.74, 6) is -2.08. The number of rotatable bonds is 3. The minimum absolute atomic E-state index is 0.255. The molecule has 21 heavy (non-hydrogen) atoms. The van der Waals surface area contributed by atoms with Gasteiger partial charge in [0, 0.05) is 11.8 Å². The van der Waals surface area contributed by atoms with Crippen molar-refractivity contribution in [3.8, 4) is 16.9 Å². The Morgan fingerprint density at radius 2 is 1.86 bits per heavy atom. The van der Waals surface area contributed by atoms with E-state index in [1.165, 1.54) is 18.2 Å². The number of alkyl halides is 3. The molecule has 0 radical (unpaired) electrons. The number of ether oxygens (including phenoxy) is 1. The Morgan fingerprint density at radius 1 is 1.19 bits per heavy atom. The van der Waals surface area contributed by atoms with Crippen LogP contribution in [0.4, 0.5) is 13.2 Å². The van der Waals surface area contributed by atoms with Crippen LogP contribution in [0.25, 0.3) is 11.1 Å². The van der Waals surface area contributed by atoms with Crippen molar-refractivity contribution in [1.29, 1.82) is 0 Å². The molecule has 0 spiro atoms. The summed E-state index contributed by atoms with van der Waals surface area (Å²) in [5.41, 5.74) is -1.90. The fourth-order valence-corrected chi connectivity index (χ4v) is 1.81. The average Bonchev–Trinajstić information content (AvgIpc) is 2.37. The van der Waals surface area contributed by atoms with Gasteiger partial charge in [-0.25, -0.2) is 4.79 Å². The van der Waals surface area contributed by atoms with Crippen LogP contribution in [0.15, 0.2) is 41.3 Å². The van der Waals surface area contributed by atoms with Crippen LogP contribution in [0, 0.1) is 0 Å². The summed E-state index contributed by atoms with van der Waals surface area (Å²) < 4.78 is 40.9. The highest BCUT2D eigenvalue weighted by Gasteiger charge is 2.33. The molecular weight excluding hydrogens is 291 g/mol. The number of aromatic amines is 1. The van der Waals surface area contributed by atoms with Crippen LogP contribution in [0.3, 0.4) is 0 Å². The van der Waals surface area contributed by atoms with Gasteiger partial charge in [-0.1, -0.05) is 18.2 Å². The van der Waals surface area contributed by atoms with Gasteiger partial charge in [-0.3, -0.25) is 4.79 Å². The van der Waals surface area contributed by atoms with Crippen LogP contribution in [-0.4, -0.2) is 22.4 Å². The maximum atomic E-state index is 12.4. The zero-order chi connectivity index (χ0) is 15.6. The summed E-state index contributed by atoms with van der Waals surface area (Å²) in [6.45, 7) is 0. The van der Waals surface area contributed by atoms with E-state index in [0.717, 1.165) is 18.3 Å². The lowest BCUT2D eigenvalue weighted by atomic mass is 10.0. The Kier molecular flexibility index (Phi) is 3.70. The van der Waals surface area contributed by atoms with E-state index in [9.17, 15) is 22.8 Å². The number of benzene rings is 1. The second-order valence-corrected chi connectivity index (χ2v) is 3.94. The Balaban J connectivity index is 2.69. The fraction of sp³-hybridized carbons (Fsp3) is 0.0769. The molecule has 1 heterocycles. The van der Waals surface area contributed by atoms with Gasteiger partial charge in [0.15, 0.2) is 0 Å². The van der Waals surface area contributed by atoms with Gasteiger partial charge in [-0.05, 0) is 12.1 Å². The molecule has 110 valence electrons. The largest absolute Gasteiger partial charge is 0.573 e. The number of aromatic carboxylic acids is 1. The molecule has 1 aromatic heterocycles. The number of carboxylic acids is 1. The van der Waals surface area contributed by atoms with E-state index in [1.807, 2.05) is 0 Å². The molecule has 0 saturated heterocycles. The maximum absolute atomic E-state index is 12.4. The number of nitrogens with one attached hydrogen (secondary N) is 1. The molecule has 0 amide bonds. The van der Waals surface area contributed by atoms with Crippen LogP contribution in [-0.2, 0) is 0 Å². The molecule has 2 rings (SSSR count). The predicted octanol–water partition coefficient (Wildman–Crippen LogP) is 2.64. The van der Waals surface area contributed by atoms with Crippen LogP contribution < -0.4 is 10.3 Å². The number of H-pyrrole nitrogens is 1.